The molecular weight excluding hydrogens is 404 g/mol. The van der Waals surface area contributed by atoms with Gasteiger partial charge in [0.2, 0.25) is 0 Å². The van der Waals surface area contributed by atoms with E-state index in [2.05, 4.69) is 46.0 Å². The SMILES string of the molecule is CC1(N)CCCCCCCCC(C2CCCCC(NCCc3cnc4ccccn34)CC2)C1. The molecule has 2 aromatic heterocycles. The predicted octanol–water partition coefficient (Wildman–Crippen LogP) is 6.66. The lowest BCUT2D eigenvalue weighted by atomic mass is 9.73. The lowest BCUT2D eigenvalue weighted by Crippen LogP contribution is -2.40. The smallest absolute Gasteiger partial charge is 0.136 e. The van der Waals surface area contributed by atoms with Crippen molar-refractivity contribution in [1.82, 2.24) is 14.7 Å². The van der Waals surface area contributed by atoms with Crippen LogP contribution in [0.3, 0.4) is 0 Å². The average molecular weight is 453 g/mol. The predicted molar refractivity (Wildman–Crippen MR) is 140 cm³/mol. The first-order valence-corrected chi connectivity index (χ1v) is 14.0. The van der Waals surface area contributed by atoms with Crippen molar-refractivity contribution >= 4 is 5.65 Å². The van der Waals surface area contributed by atoms with E-state index in [0.717, 1.165) is 30.4 Å². The second-order valence-corrected chi connectivity index (χ2v) is 11.5. The first-order chi connectivity index (χ1) is 16.1. The molecule has 0 spiro atoms. The molecule has 33 heavy (non-hydrogen) atoms. The third kappa shape index (κ3) is 7.55. The Hall–Kier alpha value is -1.39. The van der Waals surface area contributed by atoms with Crippen molar-refractivity contribution < 1.29 is 0 Å². The van der Waals surface area contributed by atoms with E-state index in [0.29, 0.717) is 6.04 Å². The average Bonchev–Trinajstić information content (AvgIpc) is 3.18. The lowest BCUT2D eigenvalue weighted by molar-refractivity contribution is 0.184. The second-order valence-electron chi connectivity index (χ2n) is 11.5. The molecule has 4 rings (SSSR count). The van der Waals surface area contributed by atoms with Gasteiger partial charge in [0.15, 0.2) is 0 Å². The van der Waals surface area contributed by atoms with Gasteiger partial charge in [-0.1, -0.05) is 70.3 Å². The number of hydrogen-bond acceptors (Lipinski definition) is 3. The van der Waals surface area contributed by atoms with Crippen LogP contribution in [0, 0.1) is 11.8 Å². The van der Waals surface area contributed by atoms with Crippen molar-refractivity contribution in [2.75, 3.05) is 6.54 Å². The summed E-state index contributed by atoms with van der Waals surface area (Å²) in [5.41, 5.74) is 9.23. The molecule has 2 fully saturated rings. The molecule has 0 aromatic carbocycles. The van der Waals surface area contributed by atoms with Crippen LogP contribution < -0.4 is 11.1 Å². The number of nitrogens with two attached hydrogens (primary N) is 1. The van der Waals surface area contributed by atoms with Gasteiger partial charge in [0.25, 0.3) is 0 Å². The Morgan fingerprint density at radius 1 is 0.939 bits per heavy atom. The van der Waals surface area contributed by atoms with Crippen molar-refractivity contribution in [3.63, 3.8) is 0 Å². The van der Waals surface area contributed by atoms with Crippen LogP contribution in [0.15, 0.2) is 30.6 Å². The maximum atomic E-state index is 6.85. The topological polar surface area (TPSA) is 55.3 Å². The molecule has 0 radical (unpaired) electrons. The van der Waals surface area contributed by atoms with Crippen LogP contribution in [-0.4, -0.2) is 27.5 Å². The largest absolute Gasteiger partial charge is 0.325 e. The summed E-state index contributed by atoms with van der Waals surface area (Å²) in [7, 11) is 0. The van der Waals surface area contributed by atoms with Gasteiger partial charge in [-0.05, 0) is 63.0 Å². The Kier molecular flexibility index (Phi) is 9.26. The van der Waals surface area contributed by atoms with Crippen molar-refractivity contribution in [1.29, 1.82) is 0 Å². The fourth-order valence-electron chi connectivity index (χ4n) is 6.60. The Morgan fingerprint density at radius 2 is 1.70 bits per heavy atom. The zero-order chi connectivity index (χ0) is 22.9. The summed E-state index contributed by atoms with van der Waals surface area (Å²) in [5.74, 6) is 1.70. The first-order valence-electron chi connectivity index (χ1n) is 14.0. The third-order valence-corrected chi connectivity index (χ3v) is 8.54. The molecule has 0 amide bonds. The Balaban J connectivity index is 1.29. The quantitative estimate of drug-likeness (QED) is 0.533. The minimum absolute atomic E-state index is 0.0308. The van der Waals surface area contributed by atoms with E-state index in [1.165, 1.54) is 102 Å². The molecule has 0 bridgehead atoms. The summed E-state index contributed by atoms with van der Waals surface area (Å²) in [5, 5.41) is 3.92. The van der Waals surface area contributed by atoms with Crippen LogP contribution in [0.25, 0.3) is 5.65 Å². The van der Waals surface area contributed by atoms with Crippen molar-refractivity contribution in [2.45, 2.75) is 121 Å². The summed E-state index contributed by atoms with van der Waals surface area (Å²) in [6.07, 6.45) is 25.7. The van der Waals surface area contributed by atoms with Crippen LogP contribution in [0.4, 0.5) is 0 Å². The number of pyridine rings is 1. The summed E-state index contributed by atoms with van der Waals surface area (Å²) in [4.78, 5) is 4.54. The van der Waals surface area contributed by atoms with E-state index in [4.69, 9.17) is 5.73 Å². The van der Waals surface area contributed by atoms with Crippen molar-refractivity contribution in [3.8, 4) is 0 Å². The second kappa shape index (κ2) is 12.4. The number of rotatable bonds is 5. The van der Waals surface area contributed by atoms with Gasteiger partial charge in [-0.3, -0.25) is 0 Å². The zero-order valence-electron chi connectivity index (χ0n) is 21.1. The molecule has 2 heterocycles. The summed E-state index contributed by atoms with van der Waals surface area (Å²) in [6.45, 7) is 3.38. The molecule has 4 atom stereocenters. The minimum Gasteiger partial charge on any atom is -0.325 e. The van der Waals surface area contributed by atoms with Crippen molar-refractivity contribution in [3.05, 3.63) is 36.3 Å². The molecule has 2 aliphatic rings. The molecule has 4 nitrogen and oxygen atoms in total. The van der Waals surface area contributed by atoms with Crippen LogP contribution in [0.1, 0.15) is 109 Å². The molecule has 3 N–H and O–H groups in total. The highest BCUT2D eigenvalue weighted by atomic mass is 15.0. The van der Waals surface area contributed by atoms with Crippen LogP contribution in [-0.2, 0) is 6.42 Å². The minimum atomic E-state index is 0.0308. The molecular formula is C29H48N4. The fraction of sp³-hybridized carbons (Fsp3) is 0.759. The van der Waals surface area contributed by atoms with Crippen LogP contribution in [0.5, 0.6) is 0 Å². The molecule has 2 aromatic rings. The van der Waals surface area contributed by atoms with Crippen LogP contribution in [0.2, 0.25) is 0 Å². The molecule has 0 aliphatic heterocycles. The van der Waals surface area contributed by atoms with E-state index < -0.39 is 0 Å². The normalized spacial score (nSPS) is 30.9. The number of nitrogens with zero attached hydrogens (tertiary/aromatic N) is 2. The van der Waals surface area contributed by atoms with E-state index in [1.54, 1.807) is 0 Å². The number of fused-ring (bicyclic) bond motifs is 1. The maximum absolute atomic E-state index is 6.85. The lowest BCUT2D eigenvalue weighted by Gasteiger charge is -2.36. The van der Waals surface area contributed by atoms with Gasteiger partial charge < -0.3 is 15.5 Å². The van der Waals surface area contributed by atoms with E-state index >= 15 is 0 Å². The number of hydrogen-bond donors (Lipinski definition) is 2. The molecule has 184 valence electrons. The van der Waals surface area contributed by atoms with Gasteiger partial charge in [-0.2, -0.15) is 0 Å². The number of aromatic nitrogens is 2. The van der Waals surface area contributed by atoms with Gasteiger partial charge in [0.05, 0.1) is 0 Å². The number of nitrogens with one attached hydrogen (secondary N) is 1. The van der Waals surface area contributed by atoms with Gasteiger partial charge in [0.1, 0.15) is 5.65 Å². The summed E-state index contributed by atoms with van der Waals surface area (Å²) >= 11 is 0. The van der Waals surface area contributed by atoms with Crippen molar-refractivity contribution in [2.24, 2.45) is 17.6 Å². The molecule has 2 saturated carbocycles. The first kappa shape index (κ1) is 24.7. The standard InChI is InChI=1S/C29H48N4/c1-29(30)19-10-5-3-2-4-6-13-25(22-29)24-12-7-8-14-26(17-16-24)31-20-18-27-23-32-28-15-9-11-21-33(27)28/h9,11,15,21,23-26,31H,2-8,10,12-14,16-20,22,30H2,1H3. The molecule has 4 unspecified atom stereocenters. The highest BCUT2D eigenvalue weighted by molar-refractivity contribution is 5.39. The summed E-state index contributed by atoms with van der Waals surface area (Å²) < 4.78 is 2.22. The number of imidazole rings is 1. The highest BCUT2D eigenvalue weighted by Gasteiger charge is 2.30. The van der Waals surface area contributed by atoms with Crippen LogP contribution >= 0.6 is 0 Å². The zero-order valence-corrected chi connectivity index (χ0v) is 21.1. The van der Waals surface area contributed by atoms with Gasteiger partial charge in [-0.25, -0.2) is 4.98 Å². The van der Waals surface area contributed by atoms with E-state index in [-0.39, 0.29) is 5.54 Å². The van der Waals surface area contributed by atoms with Gasteiger partial charge >= 0.3 is 0 Å². The third-order valence-electron chi connectivity index (χ3n) is 8.54. The maximum Gasteiger partial charge on any atom is 0.136 e. The Bertz CT molecular complexity index is 826. The summed E-state index contributed by atoms with van der Waals surface area (Å²) in [6, 6.07) is 6.90. The Labute approximate surface area is 202 Å². The molecule has 0 saturated heterocycles. The molecule has 4 heteroatoms. The van der Waals surface area contributed by atoms with Gasteiger partial charge in [-0.15, -0.1) is 0 Å². The van der Waals surface area contributed by atoms with E-state index in [1.807, 2.05) is 6.20 Å². The highest BCUT2D eigenvalue weighted by Crippen LogP contribution is 2.37. The molecule has 2 aliphatic carbocycles. The fourth-order valence-corrected chi connectivity index (χ4v) is 6.60. The van der Waals surface area contributed by atoms with Gasteiger partial charge in [0, 0.05) is 42.6 Å². The van der Waals surface area contributed by atoms with E-state index in [9.17, 15) is 0 Å². The Morgan fingerprint density at radius 3 is 2.61 bits per heavy atom. The monoisotopic (exact) mass is 452 g/mol.